The molecule has 136 valence electrons. The Morgan fingerprint density at radius 1 is 1.32 bits per heavy atom. The zero-order valence-electron chi connectivity index (χ0n) is 12.7. The van der Waals surface area contributed by atoms with E-state index in [1.54, 1.807) is 0 Å². The van der Waals surface area contributed by atoms with Crippen LogP contribution in [0.2, 0.25) is 0 Å². The molecule has 6 nitrogen and oxygen atoms in total. The molecule has 2 aromatic rings. The first-order chi connectivity index (χ1) is 11.3. The van der Waals surface area contributed by atoms with E-state index in [4.69, 9.17) is 5.73 Å². The van der Waals surface area contributed by atoms with Crippen molar-refractivity contribution in [1.82, 2.24) is 19.9 Å². The maximum absolute atomic E-state index is 13.5. The molecule has 0 aliphatic carbocycles. The summed E-state index contributed by atoms with van der Waals surface area (Å²) in [6.07, 6.45) is -4.38. The number of aromatic nitrogens is 3. The number of rotatable bonds is 2. The minimum Gasteiger partial charge on any atom is -0.336 e. The number of hydrogen-bond donors (Lipinski definition) is 1. The number of hydrogen-bond acceptors (Lipinski definition) is 4. The molecule has 1 fully saturated rings. The molecule has 0 saturated carbocycles. The van der Waals surface area contributed by atoms with E-state index in [0.29, 0.717) is 11.1 Å². The monoisotopic (exact) mass is 379 g/mol. The van der Waals surface area contributed by atoms with Gasteiger partial charge in [-0.3, -0.25) is 4.79 Å². The number of carbonyl (C=O) groups is 1. The van der Waals surface area contributed by atoms with Crippen LogP contribution in [0.25, 0.3) is 5.69 Å². The maximum Gasteiger partial charge on any atom is 0.435 e. The number of nitrogens with zero attached hydrogens (tertiary/aromatic N) is 4. The van der Waals surface area contributed by atoms with Gasteiger partial charge in [-0.2, -0.15) is 13.2 Å². The molecular weight excluding hydrogens is 366 g/mol. The molecule has 2 heterocycles. The van der Waals surface area contributed by atoms with E-state index >= 15 is 0 Å². The Hall–Kier alpha value is -2.20. The molecule has 1 atom stereocenters. The molecule has 3 rings (SSSR count). The van der Waals surface area contributed by atoms with Gasteiger partial charge in [-0.05, 0) is 24.6 Å². The van der Waals surface area contributed by atoms with Crippen LogP contribution in [0.1, 0.15) is 22.6 Å². The van der Waals surface area contributed by atoms with E-state index in [2.05, 4.69) is 10.3 Å². The van der Waals surface area contributed by atoms with Gasteiger partial charge in [0.05, 0.1) is 5.69 Å². The lowest BCUT2D eigenvalue weighted by atomic mass is 10.2. The van der Waals surface area contributed by atoms with Crippen LogP contribution in [0.15, 0.2) is 24.3 Å². The molecule has 1 aromatic carbocycles. The summed E-state index contributed by atoms with van der Waals surface area (Å²) in [4.78, 5) is 13.6. The lowest BCUT2D eigenvalue weighted by Crippen LogP contribution is -2.33. The van der Waals surface area contributed by atoms with Crippen LogP contribution in [0.5, 0.6) is 0 Å². The summed E-state index contributed by atoms with van der Waals surface area (Å²) in [6, 6.07) is 4.18. The average Bonchev–Trinajstić information content (AvgIpc) is 3.12. The zero-order valence-corrected chi connectivity index (χ0v) is 13.5. The molecule has 0 spiro atoms. The summed E-state index contributed by atoms with van der Waals surface area (Å²) in [7, 11) is 0. The van der Waals surface area contributed by atoms with Gasteiger partial charge in [-0.1, -0.05) is 11.3 Å². The standard InChI is InChI=1S/C14H13F4N5O.ClH/c15-8-2-1-3-10(6-8)23-12(14(16,17)18)11(20-21-23)13(24)22-5-4-9(19)7-22;/h1-3,6,9H,4-5,7,19H2;1H/t9-;/m1./s1. The van der Waals surface area contributed by atoms with Crippen molar-refractivity contribution in [3.63, 3.8) is 0 Å². The van der Waals surface area contributed by atoms with Gasteiger partial charge < -0.3 is 10.6 Å². The molecule has 0 unspecified atom stereocenters. The van der Waals surface area contributed by atoms with Gasteiger partial charge in [-0.15, -0.1) is 17.5 Å². The van der Waals surface area contributed by atoms with Gasteiger partial charge in [0.15, 0.2) is 11.4 Å². The topological polar surface area (TPSA) is 77.0 Å². The van der Waals surface area contributed by atoms with Crippen LogP contribution in [-0.2, 0) is 6.18 Å². The van der Waals surface area contributed by atoms with E-state index in [9.17, 15) is 22.4 Å². The van der Waals surface area contributed by atoms with Crippen molar-refractivity contribution in [3.8, 4) is 5.69 Å². The van der Waals surface area contributed by atoms with E-state index < -0.39 is 29.3 Å². The Kier molecular flexibility index (Phi) is 5.33. The van der Waals surface area contributed by atoms with Crippen molar-refractivity contribution in [2.75, 3.05) is 13.1 Å². The van der Waals surface area contributed by atoms with E-state index in [0.717, 1.165) is 12.1 Å². The molecule has 1 aromatic heterocycles. The van der Waals surface area contributed by atoms with E-state index in [1.807, 2.05) is 0 Å². The second-order valence-corrected chi connectivity index (χ2v) is 5.48. The predicted octanol–water partition coefficient (Wildman–Crippen LogP) is 2.02. The van der Waals surface area contributed by atoms with Crippen LogP contribution < -0.4 is 5.73 Å². The fraction of sp³-hybridized carbons (Fsp3) is 0.357. The van der Waals surface area contributed by atoms with Gasteiger partial charge in [0, 0.05) is 19.1 Å². The lowest BCUT2D eigenvalue weighted by Gasteiger charge is -2.16. The van der Waals surface area contributed by atoms with Crippen LogP contribution in [0.3, 0.4) is 0 Å². The highest BCUT2D eigenvalue weighted by atomic mass is 35.5. The molecule has 1 saturated heterocycles. The molecule has 2 N–H and O–H groups in total. The summed E-state index contributed by atoms with van der Waals surface area (Å²) in [5, 5.41) is 6.80. The van der Waals surface area contributed by atoms with Crippen molar-refractivity contribution in [2.45, 2.75) is 18.6 Å². The number of amides is 1. The normalized spacial score (nSPS) is 17.5. The highest BCUT2D eigenvalue weighted by Crippen LogP contribution is 2.33. The molecule has 1 aliphatic heterocycles. The van der Waals surface area contributed by atoms with Gasteiger partial charge in [0.1, 0.15) is 5.82 Å². The largest absolute Gasteiger partial charge is 0.435 e. The Morgan fingerprint density at radius 3 is 2.60 bits per heavy atom. The second kappa shape index (κ2) is 6.96. The summed E-state index contributed by atoms with van der Waals surface area (Å²) in [6.45, 7) is 0.410. The summed E-state index contributed by atoms with van der Waals surface area (Å²) in [5.41, 5.74) is 3.35. The van der Waals surface area contributed by atoms with Gasteiger partial charge in [-0.25, -0.2) is 9.07 Å². The number of nitrogens with two attached hydrogens (primary N) is 1. The number of benzene rings is 1. The smallest absolute Gasteiger partial charge is 0.336 e. The Balaban J connectivity index is 0.00000225. The molecule has 1 aliphatic rings. The number of halogens is 5. The number of alkyl halides is 3. The summed E-state index contributed by atoms with van der Waals surface area (Å²) >= 11 is 0. The molecule has 1 amide bonds. The molecule has 0 radical (unpaired) electrons. The second-order valence-electron chi connectivity index (χ2n) is 5.48. The van der Waals surface area contributed by atoms with Crippen molar-refractivity contribution < 1.29 is 22.4 Å². The fourth-order valence-electron chi connectivity index (χ4n) is 2.59. The van der Waals surface area contributed by atoms with E-state index in [1.165, 1.54) is 17.0 Å². The number of likely N-dealkylation sites (tertiary alicyclic amines) is 1. The SMILES string of the molecule is Cl.N[C@@H]1CCN(C(=O)c2nnn(-c3cccc(F)c3)c2C(F)(F)F)C1. The third-order valence-electron chi connectivity index (χ3n) is 3.71. The third-order valence-corrected chi connectivity index (χ3v) is 3.71. The van der Waals surface area contributed by atoms with Gasteiger partial charge >= 0.3 is 6.18 Å². The van der Waals surface area contributed by atoms with Crippen molar-refractivity contribution in [3.05, 3.63) is 41.5 Å². The molecule has 25 heavy (non-hydrogen) atoms. The molecule has 11 heteroatoms. The van der Waals surface area contributed by atoms with Crippen LogP contribution >= 0.6 is 12.4 Å². The Labute approximate surface area is 146 Å². The van der Waals surface area contributed by atoms with Gasteiger partial charge in [0.25, 0.3) is 5.91 Å². The molecular formula is C14H14ClF4N5O. The highest BCUT2D eigenvalue weighted by Gasteiger charge is 2.43. The van der Waals surface area contributed by atoms with Crippen LogP contribution in [0.4, 0.5) is 17.6 Å². The van der Waals surface area contributed by atoms with E-state index in [-0.39, 0.29) is 37.2 Å². The Morgan fingerprint density at radius 2 is 2.04 bits per heavy atom. The minimum atomic E-state index is -4.89. The maximum atomic E-state index is 13.5. The van der Waals surface area contributed by atoms with Crippen LogP contribution in [-0.4, -0.2) is 44.9 Å². The highest BCUT2D eigenvalue weighted by molar-refractivity contribution is 5.93. The van der Waals surface area contributed by atoms with Crippen molar-refractivity contribution >= 4 is 18.3 Å². The lowest BCUT2D eigenvalue weighted by molar-refractivity contribution is -0.143. The minimum absolute atomic E-state index is 0. The van der Waals surface area contributed by atoms with Crippen molar-refractivity contribution in [2.24, 2.45) is 5.73 Å². The summed E-state index contributed by atoms with van der Waals surface area (Å²) < 4.78 is 54.1. The van der Waals surface area contributed by atoms with Crippen molar-refractivity contribution in [1.29, 1.82) is 0 Å². The first-order valence-electron chi connectivity index (χ1n) is 7.11. The number of carbonyl (C=O) groups excluding carboxylic acids is 1. The Bertz CT molecular complexity index is 779. The van der Waals surface area contributed by atoms with Crippen LogP contribution in [0, 0.1) is 5.82 Å². The predicted molar refractivity (Wildman–Crippen MR) is 82.1 cm³/mol. The average molecular weight is 380 g/mol. The third kappa shape index (κ3) is 3.74. The summed E-state index contributed by atoms with van der Waals surface area (Å²) in [5.74, 6) is -1.62. The van der Waals surface area contributed by atoms with Gasteiger partial charge in [0.2, 0.25) is 0 Å². The first-order valence-corrected chi connectivity index (χ1v) is 7.11. The quantitative estimate of drug-likeness (QED) is 0.810. The first kappa shape index (κ1) is 19.1. The molecule has 0 bridgehead atoms. The fourth-order valence-corrected chi connectivity index (χ4v) is 2.59. The zero-order chi connectivity index (χ0) is 17.5.